The monoisotopic (exact) mass is 237 g/mol. The SMILES string of the molecule is CC(C)n1cc(C(=O)O)nc1CNC1CCC1. The molecule has 2 rings (SSSR count). The van der Waals surface area contributed by atoms with E-state index in [1.165, 1.54) is 19.3 Å². The Labute approximate surface area is 101 Å². The lowest BCUT2D eigenvalue weighted by molar-refractivity contribution is 0.0691. The van der Waals surface area contributed by atoms with Crippen LogP contribution >= 0.6 is 0 Å². The van der Waals surface area contributed by atoms with Gasteiger partial charge in [-0.05, 0) is 26.7 Å². The molecular weight excluding hydrogens is 218 g/mol. The summed E-state index contributed by atoms with van der Waals surface area (Å²) < 4.78 is 1.93. The Balaban J connectivity index is 2.09. The van der Waals surface area contributed by atoms with Crippen molar-refractivity contribution < 1.29 is 9.90 Å². The maximum atomic E-state index is 10.9. The molecule has 0 bridgehead atoms. The van der Waals surface area contributed by atoms with Gasteiger partial charge in [0.15, 0.2) is 5.69 Å². The standard InChI is InChI=1S/C12H19N3O2/c1-8(2)15-7-10(12(16)17)14-11(15)6-13-9-4-3-5-9/h7-9,13H,3-6H2,1-2H3,(H,16,17). The first-order chi connectivity index (χ1) is 8.08. The summed E-state index contributed by atoms with van der Waals surface area (Å²) in [5, 5.41) is 12.3. The van der Waals surface area contributed by atoms with Crippen molar-refractivity contribution in [1.82, 2.24) is 14.9 Å². The van der Waals surface area contributed by atoms with Crippen LogP contribution in [-0.4, -0.2) is 26.7 Å². The quantitative estimate of drug-likeness (QED) is 0.819. The zero-order valence-corrected chi connectivity index (χ0v) is 10.3. The summed E-state index contributed by atoms with van der Waals surface area (Å²) >= 11 is 0. The number of hydrogen-bond donors (Lipinski definition) is 2. The average Bonchev–Trinajstić information content (AvgIpc) is 2.59. The van der Waals surface area contributed by atoms with E-state index in [0.29, 0.717) is 12.6 Å². The third-order valence-corrected chi connectivity index (χ3v) is 3.24. The second-order valence-electron chi connectivity index (χ2n) is 4.86. The molecule has 0 saturated heterocycles. The first-order valence-electron chi connectivity index (χ1n) is 6.12. The van der Waals surface area contributed by atoms with Gasteiger partial charge in [0.25, 0.3) is 0 Å². The summed E-state index contributed by atoms with van der Waals surface area (Å²) in [5.74, 6) is -0.154. The Bertz CT molecular complexity index is 408. The molecule has 94 valence electrons. The topological polar surface area (TPSA) is 67.2 Å². The van der Waals surface area contributed by atoms with Crippen molar-refractivity contribution in [2.75, 3.05) is 0 Å². The normalized spacial score (nSPS) is 16.2. The predicted molar refractivity (Wildman–Crippen MR) is 64.1 cm³/mol. The molecule has 1 heterocycles. The zero-order chi connectivity index (χ0) is 12.4. The second kappa shape index (κ2) is 4.87. The minimum Gasteiger partial charge on any atom is -0.476 e. The zero-order valence-electron chi connectivity index (χ0n) is 10.3. The van der Waals surface area contributed by atoms with Crippen LogP contribution in [0.1, 0.15) is 55.5 Å². The lowest BCUT2D eigenvalue weighted by atomic mass is 9.93. The smallest absolute Gasteiger partial charge is 0.356 e. The number of rotatable bonds is 5. The molecule has 0 aliphatic heterocycles. The molecule has 1 aliphatic carbocycles. The summed E-state index contributed by atoms with van der Waals surface area (Å²) in [4.78, 5) is 15.1. The molecular formula is C12H19N3O2. The Hall–Kier alpha value is -1.36. The van der Waals surface area contributed by atoms with Gasteiger partial charge in [0, 0.05) is 18.3 Å². The molecule has 0 unspecified atom stereocenters. The maximum Gasteiger partial charge on any atom is 0.356 e. The van der Waals surface area contributed by atoms with Crippen LogP contribution in [0.15, 0.2) is 6.20 Å². The summed E-state index contributed by atoms with van der Waals surface area (Å²) in [6.07, 6.45) is 5.34. The van der Waals surface area contributed by atoms with E-state index in [1.807, 2.05) is 18.4 Å². The van der Waals surface area contributed by atoms with Crippen molar-refractivity contribution in [2.45, 2.75) is 51.7 Å². The number of nitrogens with zero attached hydrogens (tertiary/aromatic N) is 2. The summed E-state index contributed by atoms with van der Waals surface area (Å²) in [7, 11) is 0. The maximum absolute atomic E-state index is 10.9. The number of aromatic carboxylic acids is 1. The first-order valence-corrected chi connectivity index (χ1v) is 6.12. The van der Waals surface area contributed by atoms with E-state index in [-0.39, 0.29) is 11.7 Å². The Morgan fingerprint density at radius 2 is 2.35 bits per heavy atom. The molecule has 5 heteroatoms. The van der Waals surface area contributed by atoms with E-state index in [1.54, 1.807) is 6.20 Å². The van der Waals surface area contributed by atoms with Crippen molar-refractivity contribution in [2.24, 2.45) is 0 Å². The average molecular weight is 237 g/mol. The van der Waals surface area contributed by atoms with Gasteiger partial charge in [-0.1, -0.05) is 6.42 Å². The van der Waals surface area contributed by atoms with Gasteiger partial charge in [-0.3, -0.25) is 0 Å². The van der Waals surface area contributed by atoms with Crippen LogP contribution in [0.5, 0.6) is 0 Å². The van der Waals surface area contributed by atoms with Gasteiger partial charge in [-0.15, -0.1) is 0 Å². The van der Waals surface area contributed by atoms with Gasteiger partial charge in [-0.2, -0.15) is 0 Å². The van der Waals surface area contributed by atoms with Gasteiger partial charge in [0.1, 0.15) is 5.82 Å². The van der Waals surface area contributed by atoms with Crippen molar-refractivity contribution in [3.05, 3.63) is 17.7 Å². The van der Waals surface area contributed by atoms with Crippen LogP contribution in [0.4, 0.5) is 0 Å². The molecule has 1 saturated carbocycles. The molecule has 0 amide bonds. The van der Waals surface area contributed by atoms with E-state index in [9.17, 15) is 4.79 Å². The third kappa shape index (κ3) is 2.66. The van der Waals surface area contributed by atoms with Gasteiger partial charge in [0.05, 0.1) is 6.54 Å². The van der Waals surface area contributed by atoms with Crippen molar-refractivity contribution in [1.29, 1.82) is 0 Å². The van der Waals surface area contributed by atoms with E-state index in [4.69, 9.17) is 5.11 Å². The molecule has 1 fully saturated rings. The fourth-order valence-electron chi connectivity index (χ4n) is 1.96. The lowest BCUT2D eigenvalue weighted by Crippen LogP contribution is -2.35. The molecule has 0 atom stereocenters. The fraction of sp³-hybridized carbons (Fsp3) is 0.667. The highest BCUT2D eigenvalue weighted by Gasteiger charge is 2.19. The number of carboxylic acids is 1. The first kappa shape index (κ1) is 12.1. The van der Waals surface area contributed by atoms with Crippen molar-refractivity contribution in [3.63, 3.8) is 0 Å². The van der Waals surface area contributed by atoms with Crippen LogP contribution in [0.25, 0.3) is 0 Å². The summed E-state index contributed by atoms with van der Waals surface area (Å²) in [5.41, 5.74) is 0.129. The second-order valence-corrected chi connectivity index (χ2v) is 4.86. The molecule has 2 N–H and O–H groups in total. The molecule has 0 aromatic carbocycles. The molecule has 5 nitrogen and oxygen atoms in total. The van der Waals surface area contributed by atoms with Gasteiger partial charge < -0.3 is 15.0 Å². The largest absolute Gasteiger partial charge is 0.476 e. The summed E-state index contributed by atoms with van der Waals surface area (Å²) in [6.45, 7) is 4.70. The predicted octanol–water partition coefficient (Wildman–Crippen LogP) is 1.80. The van der Waals surface area contributed by atoms with Gasteiger partial charge in [-0.25, -0.2) is 9.78 Å². The molecule has 0 spiro atoms. The fourth-order valence-corrected chi connectivity index (χ4v) is 1.96. The van der Waals surface area contributed by atoms with Gasteiger partial charge in [0.2, 0.25) is 0 Å². The molecule has 1 aromatic rings. The summed E-state index contributed by atoms with van der Waals surface area (Å²) in [6, 6.07) is 0.814. The van der Waals surface area contributed by atoms with Crippen LogP contribution in [0, 0.1) is 0 Å². The van der Waals surface area contributed by atoms with Crippen LogP contribution in [-0.2, 0) is 6.54 Å². The van der Waals surface area contributed by atoms with E-state index in [2.05, 4.69) is 10.3 Å². The molecule has 1 aromatic heterocycles. The number of carbonyl (C=O) groups is 1. The van der Waals surface area contributed by atoms with Crippen LogP contribution in [0.3, 0.4) is 0 Å². The Morgan fingerprint density at radius 3 is 2.82 bits per heavy atom. The van der Waals surface area contributed by atoms with E-state index >= 15 is 0 Å². The molecule has 1 aliphatic rings. The van der Waals surface area contributed by atoms with Crippen molar-refractivity contribution in [3.8, 4) is 0 Å². The van der Waals surface area contributed by atoms with Crippen LogP contribution in [0.2, 0.25) is 0 Å². The number of carboxylic acid groups (broad SMARTS) is 1. The van der Waals surface area contributed by atoms with E-state index < -0.39 is 5.97 Å². The Morgan fingerprint density at radius 1 is 1.65 bits per heavy atom. The highest BCUT2D eigenvalue weighted by molar-refractivity contribution is 5.85. The Kier molecular flexibility index (Phi) is 3.47. The number of nitrogens with one attached hydrogen (secondary N) is 1. The minimum atomic E-state index is -0.964. The molecule has 17 heavy (non-hydrogen) atoms. The van der Waals surface area contributed by atoms with E-state index in [0.717, 1.165) is 5.82 Å². The number of hydrogen-bond acceptors (Lipinski definition) is 3. The lowest BCUT2D eigenvalue weighted by Gasteiger charge is -2.26. The number of imidazole rings is 1. The molecule has 0 radical (unpaired) electrons. The van der Waals surface area contributed by atoms with Crippen molar-refractivity contribution >= 4 is 5.97 Å². The highest BCUT2D eigenvalue weighted by Crippen LogP contribution is 2.19. The minimum absolute atomic E-state index is 0.129. The van der Waals surface area contributed by atoms with Gasteiger partial charge >= 0.3 is 5.97 Å². The third-order valence-electron chi connectivity index (χ3n) is 3.24. The van der Waals surface area contributed by atoms with Crippen LogP contribution < -0.4 is 5.32 Å². The highest BCUT2D eigenvalue weighted by atomic mass is 16.4. The number of aromatic nitrogens is 2.